The third-order valence-electron chi connectivity index (χ3n) is 2.29. The van der Waals surface area contributed by atoms with Gasteiger partial charge in [-0.25, -0.2) is 0 Å². The van der Waals surface area contributed by atoms with Crippen molar-refractivity contribution in [3.63, 3.8) is 0 Å². The number of benzene rings is 2. The Morgan fingerprint density at radius 3 is 2.33 bits per heavy atom. The number of aliphatic hydroxyl groups excluding tert-OH is 1. The fourth-order valence-corrected chi connectivity index (χ4v) is 1.49. The monoisotopic (exact) mass is 258 g/mol. The van der Waals surface area contributed by atoms with Crippen molar-refractivity contribution in [2.45, 2.75) is 6.10 Å². The lowest BCUT2D eigenvalue weighted by molar-refractivity contribution is 0.237. The quantitative estimate of drug-likeness (QED) is 0.837. The van der Waals surface area contributed by atoms with E-state index >= 15 is 0 Å². The molecule has 0 amide bonds. The summed E-state index contributed by atoms with van der Waals surface area (Å²) in [5.74, 6) is 3.25. The van der Waals surface area contributed by atoms with E-state index in [4.69, 9.17) is 16.3 Å². The second kappa shape index (κ2) is 6.11. The number of aliphatic hydroxyl groups is 1. The van der Waals surface area contributed by atoms with Gasteiger partial charge in [0.2, 0.25) is 0 Å². The zero-order valence-electron chi connectivity index (χ0n) is 9.51. The number of rotatable bonds is 2. The van der Waals surface area contributed by atoms with Crippen LogP contribution >= 0.6 is 11.6 Å². The largest absolute Gasteiger partial charge is 0.407 e. The normalized spacial score (nSPS) is 11.2. The molecule has 0 aromatic heterocycles. The van der Waals surface area contributed by atoms with Crippen LogP contribution in [0.2, 0.25) is 5.02 Å². The topological polar surface area (TPSA) is 29.5 Å². The van der Waals surface area contributed by atoms with Crippen LogP contribution < -0.4 is 4.74 Å². The number of hydrogen-bond donors (Lipinski definition) is 1. The second-order valence-electron chi connectivity index (χ2n) is 3.62. The summed E-state index contributed by atoms with van der Waals surface area (Å²) >= 11 is 5.76. The maximum Gasteiger partial charge on any atom is 0.143 e. The summed E-state index contributed by atoms with van der Waals surface area (Å²) in [7, 11) is 0. The molecule has 0 spiro atoms. The molecule has 2 rings (SSSR count). The van der Waals surface area contributed by atoms with Crippen LogP contribution in [0.4, 0.5) is 0 Å². The summed E-state index contributed by atoms with van der Waals surface area (Å²) in [5, 5.41) is 10.4. The molecule has 1 N–H and O–H groups in total. The highest BCUT2D eigenvalue weighted by Crippen LogP contribution is 2.15. The minimum absolute atomic E-state index is 0.624. The molecule has 0 saturated heterocycles. The van der Waals surface area contributed by atoms with Crippen molar-refractivity contribution >= 4 is 11.6 Å². The molecule has 1 atom stereocenters. The third kappa shape index (κ3) is 3.53. The van der Waals surface area contributed by atoms with E-state index < -0.39 is 6.10 Å². The van der Waals surface area contributed by atoms with Gasteiger partial charge in [0.05, 0.1) is 0 Å². The van der Waals surface area contributed by atoms with Crippen molar-refractivity contribution in [3.05, 3.63) is 65.2 Å². The zero-order valence-corrected chi connectivity index (χ0v) is 10.3. The molecule has 2 nitrogen and oxygen atoms in total. The molecular formula is C15H11ClO2. The molecule has 90 valence electrons. The molecule has 3 heteroatoms. The van der Waals surface area contributed by atoms with E-state index in [1.165, 1.54) is 0 Å². The summed E-state index contributed by atoms with van der Waals surface area (Å²) in [6.07, 6.45) is 1.60. The van der Waals surface area contributed by atoms with Gasteiger partial charge in [0.25, 0.3) is 0 Å². The molecule has 18 heavy (non-hydrogen) atoms. The van der Waals surface area contributed by atoms with Crippen molar-refractivity contribution in [3.8, 4) is 17.8 Å². The van der Waals surface area contributed by atoms with Gasteiger partial charge >= 0.3 is 0 Å². The van der Waals surface area contributed by atoms with E-state index in [1.54, 1.807) is 36.4 Å². The Kier molecular flexibility index (Phi) is 4.25. The predicted octanol–water partition coefficient (Wildman–Crippen LogP) is 3.41. The van der Waals surface area contributed by atoms with Gasteiger partial charge in [-0.3, -0.25) is 0 Å². The Bertz CT molecular complexity index is 553. The van der Waals surface area contributed by atoms with Crippen LogP contribution in [0.5, 0.6) is 5.75 Å². The maximum absolute atomic E-state index is 9.79. The SMILES string of the molecule is OC(C#COc1ccccc1)c1ccc(Cl)cc1. The van der Waals surface area contributed by atoms with E-state index in [-0.39, 0.29) is 0 Å². The van der Waals surface area contributed by atoms with Crippen molar-refractivity contribution in [2.24, 2.45) is 0 Å². The molecule has 0 saturated carbocycles. The summed E-state index contributed by atoms with van der Waals surface area (Å²) in [5.41, 5.74) is 0.684. The first-order valence-corrected chi connectivity index (χ1v) is 5.79. The van der Waals surface area contributed by atoms with Crippen LogP contribution in [0.15, 0.2) is 54.6 Å². The van der Waals surface area contributed by atoms with Crippen molar-refractivity contribution in [2.75, 3.05) is 0 Å². The van der Waals surface area contributed by atoms with E-state index in [9.17, 15) is 5.11 Å². The van der Waals surface area contributed by atoms with Crippen molar-refractivity contribution < 1.29 is 9.84 Å². The number of ether oxygens (including phenoxy) is 1. The lowest BCUT2D eigenvalue weighted by Crippen LogP contribution is -1.94. The fourth-order valence-electron chi connectivity index (χ4n) is 1.36. The Labute approximate surface area is 111 Å². The Balaban J connectivity index is 2.00. The third-order valence-corrected chi connectivity index (χ3v) is 2.55. The number of para-hydroxylation sites is 1. The van der Waals surface area contributed by atoms with Crippen molar-refractivity contribution in [1.82, 2.24) is 0 Å². The highest BCUT2D eigenvalue weighted by atomic mass is 35.5. The first kappa shape index (κ1) is 12.5. The Hall–Kier alpha value is -1.95. The molecule has 0 heterocycles. The molecule has 0 bridgehead atoms. The minimum Gasteiger partial charge on any atom is -0.407 e. The second-order valence-corrected chi connectivity index (χ2v) is 4.05. The summed E-state index contributed by atoms with van der Waals surface area (Å²) in [4.78, 5) is 0. The lowest BCUT2D eigenvalue weighted by atomic mass is 10.1. The van der Waals surface area contributed by atoms with Crippen LogP contribution in [-0.4, -0.2) is 5.11 Å². The predicted molar refractivity (Wildman–Crippen MR) is 71.3 cm³/mol. The Morgan fingerprint density at radius 1 is 1.00 bits per heavy atom. The molecule has 0 fully saturated rings. The van der Waals surface area contributed by atoms with E-state index in [2.05, 4.69) is 12.0 Å². The van der Waals surface area contributed by atoms with Gasteiger partial charge in [-0.2, -0.15) is 0 Å². The first-order valence-electron chi connectivity index (χ1n) is 5.41. The van der Waals surface area contributed by atoms with E-state index in [1.807, 2.05) is 18.2 Å². The van der Waals surface area contributed by atoms with Gasteiger partial charge in [-0.05, 0) is 35.7 Å². The van der Waals surface area contributed by atoms with Gasteiger partial charge in [0.1, 0.15) is 18.0 Å². The van der Waals surface area contributed by atoms with Crippen LogP contribution in [0, 0.1) is 12.0 Å². The molecule has 0 aliphatic heterocycles. The first-order chi connectivity index (χ1) is 8.75. The van der Waals surface area contributed by atoms with Gasteiger partial charge in [0, 0.05) is 5.02 Å². The number of halogens is 1. The molecule has 2 aromatic rings. The van der Waals surface area contributed by atoms with Crippen LogP contribution in [-0.2, 0) is 0 Å². The summed E-state index contributed by atoms with van der Waals surface area (Å²) < 4.78 is 5.17. The standard InChI is InChI=1S/C15H11ClO2/c16-13-8-6-12(7-9-13)15(17)10-11-18-14-4-2-1-3-5-14/h1-9,15,17H. The van der Waals surface area contributed by atoms with Gasteiger partial charge in [-0.1, -0.05) is 41.9 Å². The zero-order chi connectivity index (χ0) is 12.8. The maximum atomic E-state index is 9.79. The van der Waals surface area contributed by atoms with Crippen LogP contribution in [0.3, 0.4) is 0 Å². The average Bonchev–Trinajstić information content (AvgIpc) is 2.40. The Morgan fingerprint density at radius 2 is 1.67 bits per heavy atom. The molecule has 0 aliphatic rings. The molecule has 0 aliphatic carbocycles. The molecule has 1 unspecified atom stereocenters. The highest BCUT2D eigenvalue weighted by Gasteiger charge is 2.02. The van der Waals surface area contributed by atoms with E-state index in [0.717, 1.165) is 0 Å². The molecule has 2 aromatic carbocycles. The van der Waals surface area contributed by atoms with Crippen LogP contribution in [0.25, 0.3) is 0 Å². The van der Waals surface area contributed by atoms with E-state index in [0.29, 0.717) is 16.3 Å². The fraction of sp³-hybridized carbons (Fsp3) is 0.0667. The van der Waals surface area contributed by atoms with Crippen molar-refractivity contribution in [1.29, 1.82) is 0 Å². The molecule has 0 radical (unpaired) electrons. The minimum atomic E-state index is -0.883. The van der Waals surface area contributed by atoms with Gasteiger partial charge in [0.15, 0.2) is 0 Å². The lowest BCUT2D eigenvalue weighted by Gasteiger charge is -2.02. The van der Waals surface area contributed by atoms with Gasteiger partial charge in [-0.15, -0.1) is 0 Å². The summed E-state index contributed by atoms with van der Waals surface area (Å²) in [6.45, 7) is 0. The smallest absolute Gasteiger partial charge is 0.143 e. The summed E-state index contributed by atoms with van der Waals surface area (Å²) in [6, 6.07) is 16.1. The highest BCUT2D eigenvalue weighted by molar-refractivity contribution is 6.30. The van der Waals surface area contributed by atoms with Gasteiger partial charge < -0.3 is 9.84 Å². The van der Waals surface area contributed by atoms with Crippen LogP contribution in [0.1, 0.15) is 11.7 Å². The molecular weight excluding hydrogens is 248 g/mol. The number of hydrogen-bond acceptors (Lipinski definition) is 2. The average molecular weight is 259 g/mol.